The van der Waals surface area contributed by atoms with Gasteiger partial charge in [-0.15, -0.1) is 0 Å². The SMILES string of the molecule is CCOC(=O)[C@@H]1CSCC12CN(C(=O)OC(C)(C)C)C2. The highest BCUT2D eigenvalue weighted by molar-refractivity contribution is 7.99. The van der Waals surface area contributed by atoms with Crippen molar-refractivity contribution in [2.24, 2.45) is 11.3 Å². The first kappa shape index (κ1) is 15.5. The molecule has 0 aromatic heterocycles. The molecule has 2 aliphatic heterocycles. The van der Waals surface area contributed by atoms with Crippen molar-refractivity contribution < 1.29 is 19.1 Å². The van der Waals surface area contributed by atoms with Crippen LogP contribution in [-0.2, 0) is 14.3 Å². The average molecular weight is 301 g/mol. The first-order valence-corrected chi connectivity index (χ1v) is 8.15. The molecule has 2 heterocycles. The summed E-state index contributed by atoms with van der Waals surface area (Å²) >= 11 is 1.77. The average Bonchev–Trinajstić information content (AvgIpc) is 2.68. The number of carbonyl (C=O) groups is 2. The molecule has 1 spiro atoms. The number of thioether (sulfide) groups is 1. The minimum absolute atomic E-state index is 0.0915. The van der Waals surface area contributed by atoms with Gasteiger partial charge in [-0.1, -0.05) is 0 Å². The van der Waals surface area contributed by atoms with Gasteiger partial charge in [-0.25, -0.2) is 4.79 Å². The highest BCUT2D eigenvalue weighted by Crippen LogP contribution is 2.48. The summed E-state index contributed by atoms with van der Waals surface area (Å²) in [6.45, 7) is 8.98. The standard InChI is InChI=1S/C14H23NO4S/c1-5-18-11(16)10-6-20-9-14(10)7-15(8-14)12(17)19-13(2,3)4/h10H,5-9H2,1-4H3/t10-/m0/s1. The summed E-state index contributed by atoms with van der Waals surface area (Å²) in [5.74, 6) is 1.49. The normalized spacial score (nSPS) is 24.4. The lowest BCUT2D eigenvalue weighted by Gasteiger charge is -2.49. The maximum atomic E-state index is 12.0. The van der Waals surface area contributed by atoms with E-state index in [2.05, 4.69) is 0 Å². The number of hydrogen-bond donors (Lipinski definition) is 0. The molecule has 1 amide bonds. The molecular weight excluding hydrogens is 278 g/mol. The van der Waals surface area contributed by atoms with Crippen molar-refractivity contribution in [3.8, 4) is 0 Å². The fourth-order valence-electron chi connectivity index (χ4n) is 2.70. The molecule has 2 saturated heterocycles. The van der Waals surface area contributed by atoms with E-state index in [0.717, 1.165) is 11.5 Å². The molecule has 2 fully saturated rings. The van der Waals surface area contributed by atoms with Crippen molar-refractivity contribution >= 4 is 23.8 Å². The molecule has 5 nitrogen and oxygen atoms in total. The summed E-state index contributed by atoms with van der Waals surface area (Å²) in [7, 11) is 0. The molecule has 0 aromatic rings. The van der Waals surface area contributed by atoms with E-state index in [1.165, 1.54) is 0 Å². The number of carbonyl (C=O) groups excluding carboxylic acids is 2. The molecule has 0 radical (unpaired) electrons. The van der Waals surface area contributed by atoms with Crippen LogP contribution in [0.25, 0.3) is 0 Å². The van der Waals surface area contributed by atoms with Crippen LogP contribution in [0, 0.1) is 11.3 Å². The topological polar surface area (TPSA) is 55.8 Å². The molecule has 0 aliphatic carbocycles. The van der Waals surface area contributed by atoms with Crippen LogP contribution in [0.3, 0.4) is 0 Å². The molecule has 6 heteroatoms. The van der Waals surface area contributed by atoms with Gasteiger partial charge < -0.3 is 14.4 Å². The van der Waals surface area contributed by atoms with Crippen molar-refractivity contribution in [1.29, 1.82) is 0 Å². The van der Waals surface area contributed by atoms with E-state index in [0.29, 0.717) is 19.7 Å². The van der Waals surface area contributed by atoms with Crippen molar-refractivity contribution in [2.75, 3.05) is 31.2 Å². The molecule has 1 atom stereocenters. The van der Waals surface area contributed by atoms with E-state index < -0.39 is 5.60 Å². The van der Waals surface area contributed by atoms with Crippen LogP contribution in [-0.4, -0.2) is 53.8 Å². The van der Waals surface area contributed by atoms with Gasteiger partial charge in [-0.2, -0.15) is 11.8 Å². The van der Waals surface area contributed by atoms with Gasteiger partial charge in [0, 0.05) is 30.0 Å². The first-order chi connectivity index (χ1) is 9.27. The number of likely N-dealkylation sites (tertiary alicyclic amines) is 1. The second-order valence-electron chi connectivity index (χ2n) is 6.52. The Bertz CT molecular complexity index is 398. The Labute approximate surface area is 124 Å². The predicted molar refractivity (Wildman–Crippen MR) is 77.7 cm³/mol. The quantitative estimate of drug-likeness (QED) is 0.732. The van der Waals surface area contributed by atoms with Crippen LogP contribution in [0.15, 0.2) is 0 Å². The van der Waals surface area contributed by atoms with E-state index in [9.17, 15) is 9.59 Å². The molecular formula is C14H23NO4S. The number of esters is 1. The van der Waals surface area contributed by atoms with E-state index >= 15 is 0 Å². The highest BCUT2D eigenvalue weighted by atomic mass is 32.2. The molecule has 0 unspecified atom stereocenters. The maximum Gasteiger partial charge on any atom is 0.410 e. The lowest BCUT2D eigenvalue weighted by Crippen LogP contribution is -2.63. The summed E-state index contributed by atoms with van der Waals surface area (Å²) in [6, 6.07) is 0. The van der Waals surface area contributed by atoms with Crippen LogP contribution in [0.5, 0.6) is 0 Å². The third kappa shape index (κ3) is 3.05. The second-order valence-corrected chi connectivity index (χ2v) is 7.55. The van der Waals surface area contributed by atoms with E-state index in [1.54, 1.807) is 16.7 Å². The minimum atomic E-state index is -0.481. The summed E-state index contributed by atoms with van der Waals surface area (Å²) in [6.07, 6.45) is -0.289. The van der Waals surface area contributed by atoms with Gasteiger partial charge in [0.05, 0.1) is 12.5 Å². The Hall–Kier alpha value is -0.910. The van der Waals surface area contributed by atoms with Gasteiger partial charge >= 0.3 is 12.1 Å². The number of rotatable bonds is 2. The highest BCUT2D eigenvalue weighted by Gasteiger charge is 2.57. The van der Waals surface area contributed by atoms with Crippen molar-refractivity contribution in [3.63, 3.8) is 0 Å². The van der Waals surface area contributed by atoms with E-state index in [1.807, 2.05) is 27.7 Å². The third-order valence-corrected chi connectivity index (χ3v) is 5.00. The molecule has 2 rings (SSSR count). The molecule has 114 valence electrons. The fraction of sp³-hybridized carbons (Fsp3) is 0.857. The van der Waals surface area contributed by atoms with Crippen LogP contribution >= 0.6 is 11.8 Å². The zero-order valence-electron chi connectivity index (χ0n) is 12.6. The lowest BCUT2D eigenvalue weighted by atomic mass is 9.72. The van der Waals surface area contributed by atoms with Crippen molar-refractivity contribution in [1.82, 2.24) is 4.90 Å². The third-order valence-electron chi connectivity index (χ3n) is 3.65. The van der Waals surface area contributed by atoms with Crippen molar-refractivity contribution in [2.45, 2.75) is 33.3 Å². The zero-order chi connectivity index (χ0) is 15.0. The Morgan fingerprint density at radius 1 is 1.35 bits per heavy atom. The predicted octanol–water partition coefficient (Wildman–Crippen LogP) is 2.15. The minimum Gasteiger partial charge on any atom is -0.466 e. The Kier molecular flexibility index (Phi) is 4.23. The van der Waals surface area contributed by atoms with Crippen LogP contribution in [0.4, 0.5) is 4.79 Å². The van der Waals surface area contributed by atoms with E-state index in [4.69, 9.17) is 9.47 Å². The van der Waals surface area contributed by atoms with Gasteiger partial charge in [0.25, 0.3) is 0 Å². The first-order valence-electron chi connectivity index (χ1n) is 7.00. The number of hydrogen-bond acceptors (Lipinski definition) is 5. The van der Waals surface area contributed by atoms with Gasteiger partial charge in [0.1, 0.15) is 5.60 Å². The smallest absolute Gasteiger partial charge is 0.410 e. The summed E-state index contributed by atoms with van der Waals surface area (Å²) in [5, 5.41) is 0. The summed E-state index contributed by atoms with van der Waals surface area (Å²) in [4.78, 5) is 25.6. The zero-order valence-corrected chi connectivity index (χ0v) is 13.4. The molecule has 0 bridgehead atoms. The summed E-state index contributed by atoms with van der Waals surface area (Å²) in [5.41, 5.74) is -0.585. The largest absolute Gasteiger partial charge is 0.466 e. The number of amides is 1. The second kappa shape index (κ2) is 5.47. The van der Waals surface area contributed by atoms with Gasteiger partial charge in [-0.05, 0) is 27.7 Å². The maximum absolute atomic E-state index is 12.0. The molecule has 0 saturated carbocycles. The lowest BCUT2D eigenvalue weighted by molar-refractivity contribution is -0.155. The molecule has 0 N–H and O–H groups in total. The van der Waals surface area contributed by atoms with E-state index in [-0.39, 0.29) is 23.4 Å². The molecule has 0 aromatic carbocycles. The van der Waals surface area contributed by atoms with Crippen LogP contribution in [0.2, 0.25) is 0 Å². The summed E-state index contributed by atoms with van der Waals surface area (Å²) < 4.78 is 10.5. The molecule has 2 aliphatic rings. The Morgan fingerprint density at radius 2 is 2.00 bits per heavy atom. The van der Waals surface area contributed by atoms with Gasteiger partial charge in [-0.3, -0.25) is 4.79 Å². The van der Waals surface area contributed by atoms with Crippen molar-refractivity contribution in [3.05, 3.63) is 0 Å². The van der Waals surface area contributed by atoms with Crippen LogP contribution in [0.1, 0.15) is 27.7 Å². The van der Waals surface area contributed by atoms with Crippen LogP contribution < -0.4 is 0 Å². The van der Waals surface area contributed by atoms with Gasteiger partial charge in [0.15, 0.2) is 0 Å². The Balaban J connectivity index is 1.93. The van der Waals surface area contributed by atoms with Gasteiger partial charge in [0.2, 0.25) is 0 Å². The molecule has 20 heavy (non-hydrogen) atoms. The monoisotopic (exact) mass is 301 g/mol. The Morgan fingerprint density at radius 3 is 2.55 bits per heavy atom. The number of ether oxygens (including phenoxy) is 2. The fourth-order valence-corrected chi connectivity index (χ4v) is 4.33. The number of nitrogens with zero attached hydrogens (tertiary/aromatic N) is 1.